The van der Waals surface area contributed by atoms with Crippen molar-refractivity contribution in [2.24, 2.45) is 7.05 Å². The minimum Gasteiger partial charge on any atom is -0.443 e. The second-order valence-electron chi connectivity index (χ2n) is 5.58. The molecule has 0 fully saturated rings. The quantitative estimate of drug-likeness (QED) is 0.907. The van der Waals surface area contributed by atoms with Gasteiger partial charge in [-0.05, 0) is 6.92 Å². The van der Waals surface area contributed by atoms with Crippen molar-refractivity contribution >= 4 is 5.69 Å². The van der Waals surface area contributed by atoms with Crippen molar-refractivity contribution in [2.75, 3.05) is 5.32 Å². The van der Waals surface area contributed by atoms with Gasteiger partial charge in [0.1, 0.15) is 11.8 Å². The van der Waals surface area contributed by atoms with Crippen LogP contribution in [0.15, 0.2) is 23.0 Å². The van der Waals surface area contributed by atoms with Gasteiger partial charge in [-0.1, -0.05) is 20.8 Å². The summed E-state index contributed by atoms with van der Waals surface area (Å²) in [6.45, 7) is 8.34. The molecule has 0 saturated carbocycles. The van der Waals surface area contributed by atoms with E-state index >= 15 is 0 Å². The van der Waals surface area contributed by atoms with Crippen LogP contribution in [0.4, 0.5) is 5.69 Å². The van der Waals surface area contributed by atoms with E-state index in [1.54, 1.807) is 17.1 Å². The first-order valence-corrected chi connectivity index (χ1v) is 6.07. The largest absolute Gasteiger partial charge is 0.443 e. The molecule has 1 N–H and O–H groups in total. The summed E-state index contributed by atoms with van der Waals surface area (Å²) < 4.78 is 7.54. The van der Waals surface area contributed by atoms with Gasteiger partial charge >= 0.3 is 0 Å². The van der Waals surface area contributed by atoms with E-state index in [1.165, 1.54) is 0 Å². The summed E-state index contributed by atoms with van der Waals surface area (Å²) in [5.41, 5.74) is 0.944. The highest BCUT2D eigenvalue weighted by atomic mass is 16.4. The number of nitrogens with zero attached hydrogens (tertiary/aromatic N) is 3. The summed E-state index contributed by atoms with van der Waals surface area (Å²) in [7, 11) is 1.89. The van der Waals surface area contributed by atoms with Gasteiger partial charge in [-0.15, -0.1) is 0 Å². The second-order valence-corrected chi connectivity index (χ2v) is 5.58. The molecule has 2 heterocycles. The molecule has 0 aromatic carbocycles. The molecule has 0 aliphatic rings. The zero-order valence-corrected chi connectivity index (χ0v) is 11.6. The van der Waals surface area contributed by atoms with E-state index in [-0.39, 0.29) is 11.5 Å². The average Bonchev–Trinajstić information content (AvgIpc) is 2.85. The first-order valence-electron chi connectivity index (χ1n) is 6.07. The predicted molar refractivity (Wildman–Crippen MR) is 70.4 cm³/mol. The zero-order valence-electron chi connectivity index (χ0n) is 11.6. The monoisotopic (exact) mass is 248 g/mol. The number of aryl methyl sites for hydroxylation is 1. The highest BCUT2D eigenvalue weighted by molar-refractivity contribution is 5.39. The Bertz CT molecular complexity index is 521. The van der Waals surface area contributed by atoms with Crippen molar-refractivity contribution in [1.82, 2.24) is 14.8 Å². The standard InChI is InChI=1S/C13H20N4O/c1-9(16-10-6-15-17(5)8-10)12-14-7-11(18-12)13(2,3)4/h6-9,16H,1-5H3/t9-/m0/s1. The molecule has 18 heavy (non-hydrogen) atoms. The number of nitrogens with one attached hydrogen (secondary N) is 1. The van der Waals surface area contributed by atoms with Crippen LogP contribution in [-0.2, 0) is 12.5 Å². The molecule has 2 rings (SSSR count). The Kier molecular flexibility index (Phi) is 3.15. The van der Waals surface area contributed by atoms with Crippen molar-refractivity contribution < 1.29 is 4.42 Å². The number of anilines is 1. The molecule has 2 aromatic heterocycles. The lowest BCUT2D eigenvalue weighted by atomic mass is 9.94. The van der Waals surface area contributed by atoms with Gasteiger partial charge in [0.2, 0.25) is 5.89 Å². The van der Waals surface area contributed by atoms with Crippen LogP contribution >= 0.6 is 0 Å². The van der Waals surface area contributed by atoms with E-state index in [0.717, 1.165) is 11.4 Å². The van der Waals surface area contributed by atoms with Gasteiger partial charge in [-0.3, -0.25) is 4.68 Å². The topological polar surface area (TPSA) is 55.9 Å². The van der Waals surface area contributed by atoms with Gasteiger partial charge in [-0.2, -0.15) is 5.10 Å². The molecule has 5 nitrogen and oxygen atoms in total. The smallest absolute Gasteiger partial charge is 0.216 e. The lowest BCUT2D eigenvalue weighted by molar-refractivity contribution is 0.374. The van der Waals surface area contributed by atoms with Crippen LogP contribution in [0.3, 0.4) is 0 Å². The summed E-state index contributed by atoms with van der Waals surface area (Å²) in [5.74, 6) is 1.60. The number of hydrogen-bond donors (Lipinski definition) is 1. The lowest BCUT2D eigenvalue weighted by Crippen LogP contribution is -2.10. The minimum absolute atomic E-state index is 0.0146. The van der Waals surface area contributed by atoms with E-state index in [2.05, 4.69) is 36.2 Å². The van der Waals surface area contributed by atoms with Crippen molar-refractivity contribution in [3.63, 3.8) is 0 Å². The maximum absolute atomic E-state index is 5.79. The Morgan fingerprint density at radius 3 is 2.56 bits per heavy atom. The summed E-state index contributed by atoms with van der Waals surface area (Å²) in [5, 5.41) is 7.42. The van der Waals surface area contributed by atoms with Gasteiger partial charge in [0.05, 0.1) is 18.1 Å². The molecule has 0 bridgehead atoms. The summed E-state index contributed by atoms with van der Waals surface area (Å²) in [4.78, 5) is 4.33. The maximum Gasteiger partial charge on any atom is 0.216 e. The fourth-order valence-electron chi connectivity index (χ4n) is 1.64. The Labute approximate surface area is 107 Å². The third kappa shape index (κ3) is 2.72. The third-order valence-corrected chi connectivity index (χ3v) is 2.72. The Morgan fingerprint density at radius 1 is 1.33 bits per heavy atom. The van der Waals surface area contributed by atoms with Crippen LogP contribution in [0.25, 0.3) is 0 Å². The summed E-state index contributed by atoms with van der Waals surface area (Å²) >= 11 is 0. The van der Waals surface area contributed by atoms with E-state index in [9.17, 15) is 0 Å². The molecule has 0 aliphatic heterocycles. The van der Waals surface area contributed by atoms with Crippen molar-refractivity contribution in [1.29, 1.82) is 0 Å². The van der Waals surface area contributed by atoms with Crippen LogP contribution in [-0.4, -0.2) is 14.8 Å². The summed E-state index contributed by atoms with van der Waals surface area (Å²) in [6, 6.07) is 0.0188. The van der Waals surface area contributed by atoms with E-state index in [0.29, 0.717) is 5.89 Å². The number of aromatic nitrogens is 3. The van der Waals surface area contributed by atoms with E-state index in [1.807, 2.05) is 20.2 Å². The van der Waals surface area contributed by atoms with Crippen LogP contribution in [0.2, 0.25) is 0 Å². The van der Waals surface area contributed by atoms with Gasteiger partial charge in [-0.25, -0.2) is 4.98 Å². The molecule has 5 heteroatoms. The SMILES string of the molecule is C[C@H](Nc1cnn(C)c1)c1ncc(C(C)(C)C)o1. The van der Waals surface area contributed by atoms with Crippen molar-refractivity contribution in [2.45, 2.75) is 39.2 Å². The third-order valence-electron chi connectivity index (χ3n) is 2.72. The minimum atomic E-state index is -0.0146. The second kappa shape index (κ2) is 4.48. The van der Waals surface area contributed by atoms with Crippen molar-refractivity contribution in [3.05, 3.63) is 30.2 Å². The highest BCUT2D eigenvalue weighted by Crippen LogP contribution is 2.26. The van der Waals surface area contributed by atoms with Gasteiger partial charge in [0.25, 0.3) is 0 Å². The van der Waals surface area contributed by atoms with Gasteiger partial charge in [0, 0.05) is 18.7 Å². The fraction of sp³-hybridized carbons (Fsp3) is 0.538. The van der Waals surface area contributed by atoms with Crippen LogP contribution in [0.1, 0.15) is 45.4 Å². The number of oxazole rings is 1. The van der Waals surface area contributed by atoms with Crippen LogP contribution < -0.4 is 5.32 Å². The molecule has 0 aliphatic carbocycles. The average molecular weight is 248 g/mol. The maximum atomic E-state index is 5.79. The van der Waals surface area contributed by atoms with Gasteiger partial charge < -0.3 is 9.73 Å². The molecular formula is C13H20N4O. The molecule has 98 valence electrons. The van der Waals surface area contributed by atoms with Gasteiger partial charge in [0.15, 0.2) is 0 Å². The lowest BCUT2D eigenvalue weighted by Gasteiger charge is -2.14. The molecule has 2 aromatic rings. The molecule has 0 amide bonds. The van der Waals surface area contributed by atoms with Crippen molar-refractivity contribution in [3.8, 4) is 0 Å². The number of hydrogen-bond acceptors (Lipinski definition) is 4. The molecular weight excluding hydrogens is 228 g/mol. The Balaban J connectivity index is 2.09. The normalized spacial score (nSPS) is 13.6. The predicted octanol–water partition coefficient (Wildman–Crippen LogP) is 2.88. The molecule has 0 radical (unpaired) electrons. The number of rotatable bonds is 3. The summed E-state index contributed by atoms with van der Waals surface area (Å²) in [6.07, 6.45) is 5.50. The first-order chi connectivity index (χ1) is 8.36. The molecule has 0 spiro atoms. The van der Waals surface area contributed by atoms with Crippen LogP contribution in [0.5, 0.6) is 0 Å². The first kappa shape index (κ1) is 12.7. The van der Waals surface area contributed by atoms with Crippen LogP contribution in [0, 0.1) is 0 Å². The Hall–Kier alpha value is -1.78. The highest BCUT2D eigenvalue weighted by Gasteiger charge is 2.21. The molecule has 0 saturated heterocycles. The molecule has 1 atom stereocenters. The van der Waals surface area contributed by atoms with E-state index in [4.69, 9.17) is 4.42 Å². The molecule has 0 unspecified atom stereocenters. The van der Waals surface area contributed by atoms with E-state index < -0.39 is 0 Å². The fourth-order valence-corrected chi connectivity index (χ4v) is 1.64. The Morgan fingerprint density at radius 2 is 2.06 bits per heavy atom. The zero-order chi connectivity index (χ0) is 13.3.